The zero-order chi connectivity index (χ0) is 11.5. The van der Waals surface area contributed by atoms with Gasteiger partial charge in [0.25, 0.3) is 0 Å². The zero-order valence-corrected chi connectivity index (χ0v) is 9.70. The molecule has 0 aromatic heterocycles. The second-order valence-electron chi connectivity index (χ2n) is 4.77. The molecule has 0 aromatic carbocycles. The fourth-order valence-electron chi connectivity index (χ4n) is 2.85. The lowest BCUT2D eigenvalue weighted by molar-refractivity contribution is -0.139. The minimum atomic E-state index is -0.761. The first kappa shape index (κ1) is 11.5. The van der Waals surface area contributed by atoms with Crippen LogP contribution in [0, 0.1) is 5.92 Å². The zero-order valence-electron chi connectivity index (χ0n) is 9.70. The van der Waals surface area contributed by atoms with Crippen molar-refractivity contribution in [1.29, 1.82) is 0 Å². The van der Waals surface area contributed by atoms with E-state index in [1.54, 1.807) is 7.05 Å². The van der Waals surface area contributed by atoms with Crippen molar-refractivity contribution >= 4 is 5.97 Å². The highest BCUT2D eigenvalue weighted by molar-refractivity contribution is 5.73. The normalized spacial score (nSPS) is 30.2. The lowest BCUT2D eigenvalue weighted by Crippen LogP contribution is -2.36. The molecule has 0 radical (unpaired) electrons. The summed E-state index contributed by atoms with van der Waals surface area (Å²) in [6.07, 6.45) is 7.68. The lowest BCUT2D eigenvalue weighted by atomic mass is 9.80. The highest BCUT2D eigenvalue weighted by atomic mass is 16.4. The average Bonchev–Trinajstić information content (AvgIpc) is 2.69. The van der Waals surface area contributed by atoms with Gasteiger partial charge in [-0.15, -0.1) is 0 Å². The van der Waals surface area contributed by atoms with Crippen molar-refractivity contribution in [2.75, 3.05) is 7.05 Å². The van der Waals surface area contributed by atoms with Crippen LogP contribution in [0.2, 0.25) is 0 Å². The first-order valence-corrected chi connectivity index (χ1v) is 6.07. The van der Waals surface area contributed by atoms with Gasteiger partial charge in [-0.05, 0) is 38.1 Å². The summed E-state index contributed by atoms with van der Waals surface area (Å²) >= 11 is 0. The molecule has 0 aromatic rings. The molecule has 3 unspecified atom stereocenters. The molecule has 16 heavy (non-hydrogen) atoms. The summed E-state index contributed by atoms with van der Waals surface area (Å²) in [6, 6.07) is 0.115. The maximum Gasteiger partial charge on any atom is 0.321 e. The van der Waals surface area contributed by atoms with E-state index in [0.717, 1.165) is 0 Å². The summed E-state index contributed by atoms with van der Waals surface area (Å²) in [7, 11) is 1.71. The Morgan fingerprint density at radius 1 is 1.62 bits per heavy atom. The van der Waals surface area contributed by atoms with Gasteiger partial charge in [0.15, 0.2) is 0 Å². The minimum Gasteiger partial charge on any atom is -0.480 e. The molecular weight excluding hydrogens is 204 g/mol. The van der Waals surface area contributed by atoms with Crippen LogP contribution < -0.4 is 10.6 Å². The Balaban J connectivity index is 1.97. The molecule has 1 saturated carbocycles. The number of hydrogen-bond donors (Lipinski definition) is 3. The fourth-order valence-corrected chi connectivity index (χ4v) is 2.85. The number of aliphatic carboxylic acids is 1. The summed E-state index contributed by atoms with van der Waals surface area (Å²) in [5, 5.41) is 15.3. The van der Waals surface area contributed by atoms with E-state index in [9.17, 15) is 4.79 Å². The Kier molecular flexibility index (Phi) is 3.49. The maximum atomic E-state index is 11.0. The number of likely N-dealkylation sites (N-methyl/N-ethyl adjacent to an activating group) is 1. The molecule has 4 nitrogen and oxygen atoms in total. The molecule has 0 amide bonds. The van der Waals surface area contributed by atoms with Crippen LogP contribution in [-0.2, 0) is 4.79 Å². The number of hydrogen-bond acceptors (Lipinski definition) is 3. The van der Waals surface area contributed by atoms with Crippen LogP contribution in [-0.4, -0.2) is 30.2 Å². The molecule has 1 aliphatic heterocycles. The molecule has 1 heterocycles. The van der Waals surface area contributed by atoms with Gasteiger partial charge in [0.1, 0.15) is 6.04 Å². The standard InChI is InChI=1S/C12H20N2O2/c1-13-11(12(15)16)6-8-7-14-10-5-3-2-4-9(8)10/h7,9-11,13-14H,2-6H2,1H3,(H,15,16). The summed E-state index contributed by atoms with van der Waals surface area (Å²) in [5.41, 5.74) is 1.28. The second-order valence-corrected chi connectivity index (χ2v) is 4.77. The van der Waals surface area contributed by atoms with Crippen LogP contribution in [0.1, 0.15) is 32.1 Å². The Hall–Kier alpha value is -1.03. The molecule has 1 fully saturated rings. The van der Waals surface area contributed by atoms with Crippen molar-refractivity contribution in [1.82, 2.24) is 10.6 Å². The van der Waals surface area contributed by atoms with Gasteiger partial charge < -0.3 is 15.7 Å². The van der Waals surface area contributed by atoms with Crippen molar-refractivity contribution in [2.45, 2.75) is 44.2 Å². The van der Waals surface area contributed by atoms with Gasteiger partial charge in [-0.2, -0.15) is 0 Å². The van der Waals surface area contributed by atoms with Gasteiger partial charge in [0.2, 0.25) is 0 Å². The molecule has 90 valence electrons. The molecule has 0 spiro atoms. The molecule has 3 atom stereocenters. The first-order valence-electron chi connectivity index (χ1n) is 6.07. The molecule has 2 rings (SSSR count). The van der Waals surface area contributed by atoms with E-state index in [2.05, 4.69) is 10.6 Å². The van der Waals surface area contributed by atoms with Gasteiger partial charge in [-0.3, -0.25) is 4.79 Å². The van der Waals surface area contributed by atoms with E-state index in [1.807, 2.05) is 6.20 Å². The molecular formula is C12H20N2O2. The van der Waals surface area contributed by atoms with Gasteiger partial charge in [0, 0.05) is 12.0 Å². The SMILES string of the molecule is CNC(CC1=CNC2CCCCC12)C(=O)O. The maximum absolute atomic E-state index is 11.0. The first-order chi connectivity index (χ1) is 7.72. The van der Waals surface area contributed by atoms with Crippen molar-refractivity contribution in [2.24, 2.45) is 5.92 Å². The number of fused-ring (bicyclic) bond motifs is 1. The van der Waals surface area contributed by atoms with Crippen LogP contribution >= 0.6 is 0 Å². The van der Waals surface area contributed by atoms with E-state index in [1.165, 1.54) is 31.3 Å². The predicted octanol–water partition coefficient (Wildman–Crippen LogP) is 1.09. The van der Waals surface area contributed by atoms with Crippen molar-refractivity contribution in [3.05, 3.63) is 11.8 Å². The Labute approximate surface area is 96.1 Å². The smallest absolute Gasteiger partial charge is 0.321 e. The molecule has 0 bridgehead atoms. The third-order valence-corrected chi connectivity index (χ3v) is 3.81. The number of carboxylic acids is 1. The molecule has 3 N–H and O–H groups in total. The Morgan fingerprint density at radius 2 is 2.38 bits per heavy atom. The van der Waals surface area contributed by atoms with E-state index in [4.69, 9.17) is 5.11 Å². The molecule has 1 aliphatic carbocycles. The van der Waals surface area contributed by atoms with Gasteiger partial charge >= 0.3 is 5.97 Å². The molecule has 0 saturated heterocycles. The summed E-state index contributed by atoms with van der Waals surface area (Å²) in [5.74, 6) is -0.188. The predicted molar refractivity (Wildman–Crippen MR) is 62.1 cm³/mol. The Morgan fingerprint density at radius 3 is 3.06 bits per heavy atom. The minimum absolute atomic E-state index is 0.450. The molecule has 2 aliphatic rings. The van der Waals surface area contributed by atoms with Crippen molar-refractivity contribution in [3.8, 4) is 0 Å². The highest BCUT2D eigenvalue weighted by Gasteiger charge is 2.33. The van der Waals surface area contributed by atoms with Gasteiger partial charge in [0.05, 0.1) is 0 Å². The van der Waals surface area contributed by atoms with E-state index >= 15 is 0 Å². The highest BCUT2D eigenvalue weighted by Crippen LogP contribution is 2.35. The largest absolute Gasteiger partial charge is 0.480 e. The van der Waals surface area contributed by atoms with Crippen LogP contribution in [0.5, 0.6) is 0 Å². The number of carbonyl (C=O) groups is 1. The summed E-state index contributed by atoms with van der Waals surface area (Å²) < 4.78 is 0. The van der Waals surface area contributed by atoms with Crippen LogP contribution in [0.3, 0.4) is 0 Å². The Bertz CT molecular complexity index is 301. The monoisotopic (exact) mass is 224 g/mol. The van der Waals surface area contributed by atoms with Crippen molar-refractivity contribution in [3.63, 3.8) is 0 Å². The topological polar surface area (TPSA) is 61.4 Å². The number of nitrogens with one attached hydrogen (secondary N) is 2. The fraction of sp³-hybridized carbons (Fsp3) is 0.750. The lowest BCUT2D eigenvalue weighted by Gasteiger charge is -2.28. The van der Waals surface area contributed by atoms with Crippen LogP contribution in [0.25, 0.3) is 0 Å². The number of carboxylic acid groups (broad SMARTS) is 1. The van der Waals surface area contributed by atoms with E-state index < -0.39 is 12.0 Å². The molecule has 4 heteroatoms. The van der Waals surface area contributed by atoms with E-state index in [-0.39, 0.29) is 0 Å². The quantitative estimate of drug-likeness (QED) is 0.669. The second kappa shape index (κ2) is 4.87. The van der Waals surface area contributed by atoms with Gasteiger partial charge in [-0.25, -0.2) is 0 Å². The van der Waals surface area contributed by atoms with Crippen LogP contribution in [0.15, 0.2) is 11.8 Å². The summed E-state index contributed by atoms with van der Waals surface area (Å²) in [6.45, 7) is 0. The summed E-state index contributed by atoms with van der Waals surface area (Å²) in [4.78, 5) is 11.0. The third-order valence-electron chi connectivity index (χ3n) is 3.81. The van der Waals surface area contributed by atoms with Crippen molar-refractivity contribution < 1.29 is 9.90 Å². The number of rotatable bonds is 4. The average molecular weight is 224 g/mol. The third kappa shape index (κ3) is 2.21. The van der Waals surface area contributed by atoms with E-state index in [0.29, 0.717) is 18.4 Å². The van der Waals surface area contributed by atoms with Gasteiger partial charge in [-0.1, -0.05) is 12.8 Å². The van der Waals surface area contributed by atoms with Crippen LogP contribution in [0.4, 0.5) is 0 Å².